The van der Waals surface area contributed by atoms with Gasteiger partial charge in [0, 0.05) is 19.2 Å². The summed E-state index contributed by atoms with van der Waals surface area (Å²) in [5.74, 6) is 1.17. The molecule has 3 aliphatic carbocycles. The van der Waals surface area contributed by atoms with Crippen molar-refractivity contribution >= 4 is 12.0 Å². The van der Waals surface area contributed by atoms with Gasteiger partial charge in [0.1, 0.15) is 5.82 Å². The number of nitrogens with zero attached hydrogens (tertiary/aromatic N) is 2. The van der Waals surface area contributed by atoms with E-state index in [0.717, 1.165) is 12.0 Å². The number of amides is 2. The number of hydrogen-bond acceptors (Lipinski definition) is 5. The summed E-state index contributed by atoms with van der Waals surface area (Å²) in [6, 6.07) is 1.36. The van der Waals surface area contributed by atoms with Crippen LogP contribution in [0.1, 0.15) is 49.9 Å². The highest BCUT2D eigenvalue weighted by atomic mass is 16.5. The Labute approximate surface area is 160 Å². The van der Waals surface area contributed by atoms with Crippen molar-refractivity contribution in [1.29, 1.82) is 0 Å². The molecule has 4 rings (SSSR count). The molecule has 0 radical (unpaired) electrons. The van der Waals surface area contributed by atoms with E-state index in [1.807, 2.05) is 0 Å². The third-order valence-electron chi connectivity index (χ3n) is 6.02. The molecule has 2 N–H and O–H groups in total. The van der Waals surface area contributed by atoms with Crippen LogP contribution < -0.4 is 10.6 Å². The molecule has 2 bridgehead atoms. The average molecular weight is 372 g/mol. The fraction of sp³-hybridized carbons (Fsp3) is 0.600. The van der Waals surface area contributed by atoms with E-state index in [2.05, 4.69) is 41.0 Å². The van der Waals surface area contributed by atoms with E-state index in [9.17, 15) is 9.59 Å². The molecule has 0 aliphatic heterocycles. The largest absolute Gasteiger partial charge is 0.461 e. The number of carbonyl (C=O) groups excluding carboxylic acids is 2. The van der Waals surface area contributed by atoms with Gasteiger partial charge in [-0.15, -0.1) is 0 Å². The van der Waals surface area contributed by atoms with Crippen LogP contribution in [-0.4, -0.2) is 41.2 Å². The molecule has 7 nitrogen and oxygen atoms in total. The van der Waals surface area contributed by atoms with Crippen molar-refractivity contribution in [2.24, 2.45) is 17.3 Å². The molecular weight excluding hydrogens is 344 g/mol. The van der Waals surface area contributed by atoms with Crippen molar-refractivity contribution in [3.8, 4) is 0 Å². The Kier molecular flexibility index (Phi) is 5.48. The van der Waals surface area contributed by atoms with Crippen molar-refractivity contribution in [3.63, 3.8) is 0 Å². The van der Waals surface area contributed by atoms with Gasteiger partial charge in [0.05, 0.1) is 12.6 Å². The van der Waals surface area contributed by atoms with Crippen LogP contribution in [0.25, 0.3) is 0 Å². The lowest BCUT2D eigenvalue weighted by atomic mass is 9.46. The van der Waals surface area contributed by atoms with Crippen LogP contribution in [-0.2, 0) is 11.2 Å². The zero-order valence-electron chi connectivity index (χ0n) is 16.2. The van der Waals surface area contributed by atoms with Crippen molar-refractivity contribution in [3.05, 3.63) is 35.9 Å². The maximum absolute atomic E-state index is 12.2. The van der Waals surface area contributed by atoms with Crippen molar-refractivity contribution in [2.75, 3.05) is 13.2 Å². The molecule has 3 saturated carbocycles. The van der Waals surface area contributed by atoms with Crippen LogP contribution >= 0.6 is 0 Å². The summed E-state index contributed by atoms with van der Waals surface area (Å²) in [6.45, 7) is 11.2. The minimum atomic E-state index is -0.468. The second kappa shape index (κ2) is 7.66. The number of urea groups is 1. The highest BCUT2D eigenvalue weighted by Gasteiger charge is 2.54. The van der Waals surface area contributed by atoms with Gasteiger partial charge in [-0.3, -0.25) is 0 Å². The normalized spacial score (nSPS) is 25.3. The summed E-state index contributed by atoms with van der Waals surface area (Å²) >= 11 is 0. The predicted octanol–water partition coefficient (Wildman–Crippen LogP) is 2.49. The Balaban J connectivity index is 1.45. The molecule has 146 valence electrons. The number of fused-ring (bicyclic) bond motifs is 2. The molecule has 3 aliphatic rings. The predicted molar refractivity (Wildman–Crippen MR) is 101 cm³/mol. The zero-order chi connectivity index (χ0) is 19.6. The van der Waals surface area contributed by atoms with Crippen molar-refractivity contribution in [1.82, 2.24) is 20.6 Å². The SMILES string of the molecule is C=C1C(NC(=O)NCCc2nccc(C(=O)OCC)n2)C[C@H]2C[C@@H]1C2(C)C. The molecule has 1 heterocycles. The first-order valence-electron chi connectivity index (χ1n) is 9.55. The summed E-state index contributed by atoms with van der Waals surface area (Å²) in [6.07, 6.45) is 4.11. The van der Waals surface area contributed by atoms with Gasteiger partial charge in [0.15, 0.2) is 5.69 Å². The highest BCUT2D eigenvalue weighted by Crippen LogP contribution is 2.60. The summed E-state index contributed by atoms with van der Waals surface area (Å²) < 4.78 is 4.93. The van der Waals surface area contributed by atoms with Crippen LogP contribution in [0.4, 0.5) is 4.79 Å². The lowest BCUT2D eigenvalue weighted by Crippen LogP contribution is -2.58. The second-order valence-electron chi connectivity index (χ2n) is 7.90. The van der Waals surface area contributed by atoms with E-state index in [4.69, 9.17) is 4.74 Å². The molecule has 0 saturated heterocycles. The molecule has 0 spiro atoms. The molecular formula is C20H28N4O3. The number of esters is 1. The van der Waals surface area contributed by atoms with E-state index < -0.39 is 5.97 Å². The van der Waals surface area contributed by atoms with E-state index in [1.54, 1.807) is 6.92 Å². The Morgan fingerprint density at radius 2 is 2.15 bits per heavy atom. The van der Waals surface area contributed by atoms with Gasteiger partial charge in [-0.2, -0.15) is 0 Å². The minimum Gasteiger partial charge on any atom is -0.461 e. The summed E-state index contributed by atoms with van der Waals surface area (Å²) in [7, 11) is 0. The number of nitrogens with one attached hydrogen (secondary N) is 2. The molecule has 3 fully saturated rings. The molecule has 7 heteroatoms. The summed E-state index contributed by atoms with van der Waals surface area (Å²) in [4.78, 5) is 32.2. The highest BCUT2D eigenvalue weighted by molar-refractivity contribution is 5.87. The standard InChI is InChI=1S/C20H28N4O3/c1-5-27-18(25)15-6-8-21-17(23-15)7-9-22-19(26)24-16-11-13-10-14(12(16)2)20(13,3)4/h6,8,13-14,16H,2,5,7,9-11H2,1,3-4H3,(H2,22,24,26)/t13-,14+,16?/m1/s1. The fourth-order valence-corrected chi connectivity index (χ4v) is 4.21. The van der Waals surface area contributed by atoms with Gasteiger partial charge < -0.3 is 15.4 Å². The first-order chi connectivity index (χ1) is 12.8. The Hall–Kier alpha value is -2.44. The summed E-state index contributed by atoms with van der Waals surface area (Å²) in [5.41, 5.74) is 1.68. The average Bonchev–Trinajstić information content (AvgIpc) is 2.63. The van der Waals surface area contributed by atoms with Crippen LogP contribution in [0, 0.1) is 17.3 Å². The smallest absolute Gasteiger partial charge is 0.357 e. The van der Waals surface area contributed by atoms with Crippen LogP contribution in [0.5, 0.6) is 0 Å². The van der Waals surface area contributed by atoms with E-state index in [0.29, 0.717) is 42.6 Å². The van der Waals surface area contributed by atoms with E-state index in [1.165, 1.54) is 18.7 Å². The third-order valence-corrected chi connectivity index (χ3v) is 6.02. The zero-order valence-corrected chi connectivity index (χ0v) is 16.2. The fourth-order valence-electron chi connectivity index (χ4n) is 4.21. The maximum Gasteiger partial charge on any atom is 0.357 e. The molecule has 1 aromatic rings. The van der Waals surface area contributed by atoms with Crippen LogP contribution in [0.2, 0.25) is 0 Å². The maximum atomic E-state index is 12.2. The van der Waals surface area contributed by atoms with E-state index in [-0.39, 0.29) is 17.8 Å². The number of rotatable bonds is 6. The number of carbonyl (C=O) groups is 2. The Bertz CT molecular complexity index is 746. The van der Waals surface area contributed by atoms with Crippen LogP contribution in [0.3, 0.4) is 0 Å². The molecule has 27 heavy (non-hydrogen) atoms. The Morgan fingerprint density at radius 1 is 1.37 bits per heavy atom. The van der Waals surface area contributed by atoms with Gasteiger partial charge in [0.25, 0.3) is 0 Å². The third kappa shape index (κ3) is 3.96. The lowest BCUT2D eigenvalue weighted by molar-refractivity contribution is -0.0368. The van der Waals surface area contributed by atoms with Crippen molar-refractivity contribution in [2.45, 2.75) is 46.1 Å². The molecule has 1 unspecified atom stereocenters. The van der Waals surface area contributed by atoms with Gasteiger partial charge in [-0.05, 0) is 43.1 Å². The van der Waals surface area contributed by atoms with Crippen molar-refractivity contribution < 1.29 is 14.3 Å². The minimum absolute atomic E-state index is 0.0465. The van der Waals surface area contributed by atoms with Gasteiger partial charge in [0.2, 0.25) is 0 Å². The quantitative estimate of drug-likeness (QED) is 0.591. The lowest BCUT2D eigenvalue weighted by Gasteiger charge is -2.59. The second-order valence-corrected chi connectivity index (χ2v) is 7.90. The number of ether oxygens (including phenoxy) is 1. The Morgan fingerprint density at radius 3 is 2.81 bits per heavy atom. The monoisotopic (exact) mass is 372 g/mol. The molecule has 1 aromatic heterocycles. The van der Waals surface area contributed by atoms with Gasteiger partial charge >= 0.3 is 12.0 Å². The molecule has 0 aromatic carbocycles. The van der Waals surface area contributed by atoms with Gasteiger partial charge in [-0.25, -0.2) is 19.6 Å². The number of aromatic nitrogens is 2. The first kappa shape index (κ1) is 19.3. The topological polar surface area (TPSA) is 93.2 Å². The molecule has 2 amide bonds. The first-order valence-corrected chi connectivity index (χ1v) is 9.55. The van der Waals surface area contributed by atoms with E-state index >= 15 is 0 Å². The van der Waals surface area contributed by atoms with Gasteiger partial charge in [-0.1, -0.05) is 26.0 Å². The molecule has 3 atom stereocenters. The summed E-state index contributed by atoms with van der Waals surface area (Å²) in [5, 5.41) is 5.87. The number of hydrogen-bond donors (Lipinski definition) is 2. The van der Waals surface area contributed by atoms with Crippen LogP contribution in [0.15, 0.2) is 24.4 Å².